The lowest BCUT2D eigenvalue weighted by Crippen LogP contribution is -2.27. The van der Waals surface area contributed by atoms with Gasteiger partial charge in [-0.3, -0.25) is 14.2 Å². The maximum Gasteiger partial charge on any atom is 0.289 e. The summed E-state index contributed by atoms with van der Waals surface area (Å²) in [4.78, 5) is 28.8. The Labute approximate surface area is 134 Å². The Morgan fingerprint density at radius 3 is 2.52 bits per heavy atom. The van der Waals surface area contributed by atoms with Crippen LogP contribution in [0.5, 0.6) is 0 Å². The van der Waals surface area contributed by atoms with Crippen LogP contribution < -0.4 is 0 Å². The summed E-state index contributed by atoms with van der Waals surface area (Å²) in [5.74, 6) is -0.0698. The minimum atomic E-state index is -1.17. The molecule has 0 bridgehead atoms. The zero-order valence-electron chi connectivity index (χ0n) is 13.1. The Morgan fingerprint density at radius 1 is 1.43 bits per heavy atom. The van der Waals surface area contributed by atoms with E-state index in [9.17, 15) is 9.59 Å². The highest BCUT2D eigenvalue weighted by atomic mass is 79.9. The topological polar surface area (TPSA) is 64.4 Å². The lowest BCUT2D eigenvalue weighted by molar-refractivity contribution is 0.0703. The van der Waals surface area contributed by atoms with Gasteiger partial charge in [0.15, 0.2) is 6.29 Å². The fraction of sp³-hybridized carbons (Fsp3) is 0.615. The third kappa shape index (κ3) is 5.05. The molecule has 21 heavy (non-hydrogen) atoms. The van der Waals surface area contributed by atoms with Crippen molar-refractivity contribution in [2.75, 3.05) is 20.7 Å². The van der Waals surface area contributed by atoms with Crippen LogP contribution >= 0.6 is 15.9 Å². The summed E-state index contributed by atoms with van der Waals surface area (Å²) in [7, 11) is 2.11. The van der Waals surface area contributed by atoms with Crippen molar-refractivity contribution in [3.8, 4) is 0 Å². The van der Waals surface area contributed by atoms with E-state index in [0.29, 0.717) is 23.2 Å². The third-order valence-electron chi connectivity index (χ3n) is 2.89. The molecule has 0 aliphatic heterocycles. The summed E-state index contributed by atoms with van der Waals surface area (Å²) >= 11 is 3.20. The van der Waals surface area contributed by atoms with Crippen LogP contribution in [0, 0.1) is 0 Å². The van der Waals surface area contributed by atoms with Gasteiger partial charge >= 0.3 is 0 Å². The van der Waals surface area contributed by atoms with Crippen LogP contribution in [-0.4, -0.2) is 55.4 Å². The van der Waals surface area contributed by atoms with Crippen molar-refractivity contribution in [2.45, 2.75) is 32.4 Å². The van der Waals surface area contributed by atoms with E-state index in [1.54, 1.807) is 14.1 Å². The first-order valence-electron chi connectivity index (χ1n) is 6.68. The first kappa shape index (κ1) is 18.1. The zero-order chi connectivity index (χ0) is 16.2. The number of rotatable bonds is 7. The van der Waals surface area contributed by atoms with Crippen molar-refractivity contribution in [1.29, 1.82) is 0 Å². The Kier molecular flexibility index (Phi) is 6.30. The largest absolute Gasteiger partial charge is 0.361 e. The van der Waals surface area contributed by atoms with Crippen molar-refractivity contribution >= 4 is 36.2 Å². The summed E-state index contributed by atoms with van der Waals surface area (Å²) in [6, 6.07) is 1.02. The molecular formula is C13H22BrN3O3Si. The Balaban J connectivity index is 2.88. The average molecular weight is 376 g/mol. The lowest BCUT2D eigenvalue weighted by Gasteiger charge is -2.17. The minimum absolute atomic E-state index is 0.145. The standard InChI is InChI=1S/C13H22BrN3O3Si/c1-16(2)13(19)12-15-11(14)10(8-18)17(12)9-20-6-7-21(3,4)5/h8H,6-7,9H2,1-5H3. The molecule has 8 heteroatoms. The van der Waals surface area contributed by atoms with Crippen molar-refractivity contribution < 1.29 is 14.3 Å². The van der Waals surface area contributed by atoms with Crippen LogP contribution in [0.15, 0.2) is 4.60 Å². The van der Waals surface area contributed by atoms with Gasteiger partial charge < -0.3 is 9.64 Å². The monoisotopic (exact) mass is 375 g/mol. The maximum atomic E-state index is 12.1. The molecule has 0 aliphatic carbocycles. The van der Waals surface area contributed by atoms with Gasteiger partial charge in [-0.05, 0) is 22.0 Å². The molecule has 0 N–H and O–H groups in total. The Hall–Kier alpha value is -0.993. The highest BCUT2D eigenvalue weighted by molar-refractivity contribution is 9.10. The van der Waals surface area contributed by atoms with Crippen LogP contribution in [-0.2, 0) is 11.5 Å². The van der Waals surface area contributed by atoms with Crippen molar-refractivity contribution in [1.82, 2.24) is 14.5 Å². The van der Waals surface area contributed by atoms with Crippen LogP contribution in [0.4, 0.5) is 0 Å². The number of carbonyl (C=O) groups is 2. The third-order valence-corrected chi connectivity index (χ3v) is 5.18. The van der Waals surface area contributed by atoms with Gasteiger partial charge in [0.25, 0.3) is 5.91 Å². The molecule has 0 fully saturated rings. The summed E-state index contributed by atoms with van der Waals surface area (Å²) in [5, 5.41) is 0. The fourth-order valence-corrected chi connectivity index (χ4v) is 2.81. The van der Waals surface area contributed by atoms with Crippen LogP contribution in [0.2, 0.25) is 25.7 Å². The SMILES string of the molecule is CN(C)C(=O)c1nc(Br)c(C=O)n1COCC[Si](C)(C)C. The van der Waals surface area contributed by atoms with Crippen molar-refractivity contribution in [3.63, 3.8) is 0 Å². The van der Waals surface area contributed by atoms with Crippen LogP contribution in [0.25, 0.3) is 0 Å². The van der Waals surface area contributed by atoms with E-state index in [-0.39, 0.29) is 18.5 Å². The highest BCUT2D eigenvalue weighted by Crippen LogP contribution is 2.18. The number of halogens is 1. The molecule has 0 radical (unpaired) electrons. The number of aldehydes is 1. The van der Waals surface area contributed by atoms with Gasteiger partial charge in [0.1, 0.15) is 17.0 Å². The summed E-state index contributed by atoms with van der Waals surface area (Å²) in [6.07, 6.45) is 0.672. The second-order valence-electron chi connectivity index (χ2n) is 6.20. The van der Waals surface area contributed by atoms with Gasteiger partial charge in [0.2, 0.25) is 5.82 Å². The summed E-state index contributed by atoms with van der Waals surface area (Å²) in [6.45, 7) is 7.55. The van der Waals surface area contributed by atoms with E-state index in [1.165, 1.54) is 9.47 Å². The van der Waals surface area contributed by atoms with Gasteiger partial charge in [-0.2, -0.15) is 0 Å². The minimum Gasteiger partial charge on any atom is -0.361 e. The number of imidazole rings is 1. The normalized spacial score (nSPS) is 11.5. The van der Waals surface area contributed by atoms with Gasteiger partial charge in [0.05, 0.1) is 0 Å². The smallest absolute Gasteiger partial charge is 0.289 e. The van der Waals surface area contributed by atoms with E-state index >= 15 is 0 Å². The van der Waals surface area contributed by atoms with E-state index < -0.39 is 8.07 Å². The predicted molar refractivity (Wildman–Crippen MR) is 87.4 cm³/mol. The molecule has 0 unspecified atom stereocenters. The van der Waals surface area contributed by atoms with Gasteiger partial charge in [-0.25, -0.2) is 4.98 Å². The molecule has 0 saturated carbocycles. The van der Waals surface area contributed by atoms with Crippen LogP contribution in [0.1, 0.15) is 21.1 Å². The molecule has 6 nitrogen and oxygen atoms in total. The van der Waals surface area contributed by atoms with Crippen molar-refractivity contribution in [2.24, 2.45) is 0 Å². The molecule has 0 spiro atoms. The molecule has 1 aromatic heterocycles. The number of carbonyl (C=O) groups excluding carboxylic acids is 2. The molecule has 118 valence electrons. The lowest BCUT2D eigenvalue weighted by atomic mass is 10.5. The second kappa shape index (κ2) is 7.32. The molecule has 1 amide bonds. The summed E-state index contributed by atoms with van der Waals surface area (Å²) < 4.78 is 7.49. The first-order valence-corrected chi connectivity index (χ1v) is 11.2. The van der Waals surface area contributed by atoms with Gasteiger partial charge in [-0.15, -0.1) is 0 Å². The fourth-order valence-electron chi connectivity index (χ4n) is 1.58. The van der Waals surface area contributed by atoms with E-state index in [0.717, 1.165) is 6.04 Å². The molecule has 1 aromatic rings. The molecule has 1 rings (SSSR count). The number of ether oxygens (including phenoxy) is 1. The number of nitrogens with zero attached hydrogens (tertiary/aromatic N) is 3. The van der Waals surface area contributed by atoms with E-state index in [4.69, 9.17) is 4.74 Å². The predicted octanol–water partition coefficient (Wildman–Crippen LogP) is 2.47. The number of hydrogen-bond donors (Lipinski definition) is 0. The van der Waals surface area contributed by atoms with E-state index in [1.807, 2.05) is 0 Å². The highest BCUT2D eigenvalue weighted by Gasteiger charge is 2.22. The Morgan fingerprint density at radius 2 is 2.05 bits per heavy atom. The quantitative estimate of drug-likeness (QED) is 0.417. The zero-order valence-corrected chi connectivity index (χ0v) is 15.7. The van der Waals surface area contributed by atoms with Crippen molar-refractivity contribution in [3.05, 3.63) is 16.1 Å². The van der Waals surface area contributed by atoms with Crippen LogP contribution in [0.3, 0.4) is 0 Å². The molecular weight excluding hydrogens is 354 g/mol. The van der Waals surface area contributed by atoms with E-state index in [2.05, 4.69) is 40.6 Å². The molecule has 1 heterocycles. The number of amides is 1. The first-order chi connectivity index (χ1) is 9.67. The Bertz CT molecular complexity index is 523. The average Bonchev–Trinajstić information content (AvgIpc) is 2.68. The number of aromatic nitrogens is 2. The summed E-state index contributed by atoms with van der Waals surface area (Å²) in [5.41, 5.74) is 0.313. The molecule has 0 aliphatic rings. The molecule has 0 aromatic carbocycles. The number of hydrogen-bond acceptors (Lipinski definition) is 4. The second-order valence-corrected chi connectivity index (χ2v) is 12.6. The molecule has 0 atom stereocenters. The maximum absolute atomic E-state index is 12.1. The van der Waals surface area contributed by atoms with Gasteiger partial charge in [0, 0.05) is 28.8 Å². The molecule has 0 saturated heterocycles. The van der Waals surface area contributed by atoms with Gasteiger partial charge in [-0.1, -0.05) is 19.6 Å².